The summed E-state index contributed by atoms with van der Waals surface area (Å²) in [5, 5.41) is 19.4. The summed E-state index contributed by atoms with van der Waals surface area (Å²) in [6.07, 6.45) is 12.2. The van der Waals surface area contributed by atoms with Crippen molar-refractivity contribution in [2.75, 3.05) is 64.1 Å². The highest BCUT2D eigenvalue weighted by molar-refractivity contribution is 6.30. The zero-order valence-corrected chi connectivity index (χ0v) is 50.0. The Hall–Kier alpha value is -8.28. The molecule has 0 unspecified atom stereocenters. The largest absolute Gasteiger partial charge is 0.497 e. The second-order valence-corrected chi connectivity index (χ2v) is 22.8. The molecule has 6 heterocycles. The summed E-state index contributed by atoms with van der Waals surface area (Å²) >= 11 is 12.8. The molecule has 4 aliphatic rings. The number of unbranched alkanes of at least 4 members (excludes halogenated alkanes) is 5. The number of halogens is 3. The lowest BCUT2D eigenvalue weighted by atomic mass is 9.93. The van der Waals surface area contributed by atoms with E-state index in [-0.39, 0.29) is 80.0 Å². The number of carbonyl (C=O) groups excluding carboxylic acids is 4. The number of methoxy groups -OCH3 is 1. The number of nitrogens with two attached hydrogens (primary N) is 1. The van der Waals surface area contributed by atoms with E-state index in [1.165, 1.54) is 34.0 Å². The number of amidine groups is 1. The van der Waals surface area contributed by atoms with E-state index < -0.39 is 17.9 Å². The smallest absolute Gasteiger partial charge is 0.326 e. The molecule has 85 heavy (non-hydrogen) atoms. The predicted molar refractivity (Wildman–Crippen MR) is 326 cm³/mol. The zero-order chi connectivity index (χ0) is 60.3. The van der Waals surface area contributed by atoms with E-state index in [1.807, 2.05) is 60.0 Å². The van der Waals surface area contributed by atoms with Gasteiger partial charge in [0.05, 0.1) is 67.1 Å². The number of nitrogens with zero attached hydrogens (tertiary/aromatic N) is 11. The number of nitriles is 1. The summed E-state index contributed by atoms with van der Waals surface area (Å²) in [5.74, 6) is 0.963. The van der Waals surface area contributed by atoms with Crippen LogP contribution in [-0.2, 0) is 27.5 Å². The van der Waals surface area contributed by atoms with Gasteiger partial charge in [-0.3, -0.25) is 29.0 Å². The van der Waals surface area contributed by atoms with E-state index in [9.17, 15) is 24.0 Å². The maximum atomic E-state index is 15.2. The number of anilines is 2. The lowest BCUT2D eigenvalue weighted by molar-refractivity contribution is -0.135. The fraction of sp³-hybridized carbons (Fsp3) is 0.413. The Bertz CT molecular complexity index is 3420. The maximum absolute atomic E-state index is 15.2. The number of fused-ring (bicyclic) bond motifs is 6. The number of aromatic nitrogens is 4. The van der Waals surface area contributed by atoms with Crippen LogP contribution in [-0.4, -0.2) is 135 Å². The number of aliphatic imine (C=N–C) groups is 1. The number of piperazine rings is 1. The lowest BCUT2D eigenvalue weighted by Crippen LogP contribution is -2.56. The number of ether oxygens (including phenoxy) is 2. The molecule has 3 N–H and O–H groups in total. The average Bonchev–Trinajstić information content (AvgIpc) is 3.09. The summed E-state index contributed by atoms with van der Waals surface area (Å²) in [4.78, 5) is 78.5. The van der Waals surface area contributed by atoms with Crippen LogP contribution < -0.4 is 25.4 Å². The molecular formula is C63H72Cl2FN13O6. The molecule has 3 aromatic carbocycles. The molecule has 2 bridgehead atoms. The van der Waals surface area contributed by atoms with Crippen molar-refractivity contribution in [2.45, 2.75) is 115 Å². The molecule has 5 aromatic rings. The van der Waals surface area contributed by atoms with Crippen molar-refractivity contribution in [3.05, 3.63) is 147 Å². The van der Waals surface area contributed by atoms with Crippen LogP contribution in [0.25, 0.3) is 11.3 Å². The summed E-state index contributed by atoms with van der Waals surface area (Å²) < 4.78 is 28.4. The van der Waals surface area contributed by atoms with E-state index in [1.54, 1.807) is 54.3 Å². The van der Waals surface area contributed by atoms with Crippen LogP contribution in [0.4, 0.5) is 20.8 Å². The molecule has 0 saturated carbocycles. The third kappa shape index (κ3) is 14.6. The predicted octanol–water partition coefficient (Wildman–Crippen LogP) is 10.5. The lowest BCUT2D eigenvalue weighted by Gasteiger charge is -2.38. The van der Waals surface area contributed by atoms with Gasteiger partial charge in [0.1, 0.15) is 47.5 Å². The van der Waals surface area contributed by atoms with Crippen molar-refractivity contribution in [2.24, 2.45) is 4.99 Å². The second-order valence-electron chi connectivity index (χ2n) is 21.9. The summed E-state index contributed by atoms with van der Waals surface area (Å²) in [6.45, 7) is 10.2. The highest BCUT2D eigenvalue weighted by Gasteiger charge is 2.46. The first-order valence-electron chi connectivity index (χ1n) is 28.9. The zero-order valence-electron chi connectivity index (χ0n) is 48.5. The van der Waals surface area contributed by atoms with Crippen molar-refractivity contribution in [3.8, 4) is 28.8 Å². The highest BCUT2D eigenvalue weighted by Crippen LogP contribution is 2.46. The number of urea groups is 1. The van der Waals surface area contributed by atoms with E-state index in [0.717, 1.165) is 49.7 Å². The normalized spacial score (nSPS) is 19.3. The molecule has 2 fully saturated rings. The van der Waals surface area contributed by atoms with Crippen molar-refractivity contribution in [3.63, 3.8) is 0 Å². The highest BCUT2D eigenvalue weighted by atomic mass is 35.5. The number of carbonyl (C=O) groups is 4. The van der Waals surface area contributed by atoms with E-state index in [4.69, 9.17) is 53.5 Å². The molecule has 19 nitrogen and oxygen atoms in total. The standard InChI is InChI=1S/C63H72Cl2FN13O6/c1-40(2)85-53-35-47(84-5)26-27-48(53)61-72-58(42-18-22-44(64)23-19-42)59(43-20-24-45(65)25-21-43)79(61)63(83)76-33-32-75(56(82)39-76)29-11-9-7-6-8-10-16-54(80)69-28-31-78-52(36-67)57-49-37-70-60(68)62(71-49)77-30-13-15-51(77)41(3)34-46(66)14-12-17-55(81)74(4)38-50(57)73-78/h12,14,18-27,34-35,37,40,51,58-59H,3,6-11,13,15-17,28-33,38-39H2,1-2,4-5H3,(H2,68,70)(H,69,80)/b14-12-,46-34+/t51-,58+,59-/m1/s1. The molecular weight excluding hydrogens is 1120 g/mol. The molecule has 3 atom stereocenters. The Morgan fingerprint density at radius 1 is 0.929 bits per heavy atom. The summed E-state index contributed by atoms with van der Waals surface area (Å²) in [7, 11) is 3.19. The molecule has 446 valence electrons. The van der Waals surface area contributed by atoms with Crippen LogP contribution in [0, 0.1) is 11.3 Å². The van der Waals surface area contributed by atoms with Crippen molar-refractivity contribution < 1.29 is 33.0 Å². The third-order valence-electron chi connectivity index (χ3n) is 15.6. The quantitative estimate of drug-likeness (QED) is 0.0783. The number of hydrogen-bond acceptors (Lipinski definition) is 13. The number of amides is 5. The minimum absolute atomic E-state index is 0.0248. The van der Waals surface area contributed by atoms with Gasteiger partial charge in [-0.05, 0) is 105 Å². The van der Waals surface area contributed by atoms with E-state index in [0.29, 0.717) is 107 Å². The van der Waals surface area contributed by atoms with Gasteiger partial charge in [0.15, 0.2) is 11.6 Å². The van der Waals surface area contributed by atoms with Gasteiger partial charge in [0.25, 0.3) is 0 Å². The second kappa shape index (κ2) is 28.1. The fourth-order valence-corrected chi connectivity index (χ4v) is 11.6. The molecule has 5 amide bonds. The molecule has 22 heteroatoms. The van der Waals surface area contributed by atoms with E-state index in [2.05, 4.69) is 22.9 Å². The van der Waals surface area contributed by atoms with Crippen molar-refractivity contribution in [1.29, 1.82) is 5.26 Å². The number of benzene rings is 3. The molecule has 9 rings (SSSR count). The van der Waals surface area contributed by atoms with Crippen molar-refractivity contribution >= 4 is 64.4 Å². The number of nitrogen functional groups attached to an aromatic ring is 1. The molecule has 0 radical (unpaired) electrons. The van der Waals surface area contributed by atoms with Crippen LogP contribution in [0.15, 0.2) is 114 Å². The van der Waals surface area contributed by atoms with Gasteiger partial charge in [-0.2, -0.15) is 10.4 Å². The Morgan fingerprint density at radius 3 is 2.35 bits per heavy atom. The van der Waals surface area contributed by atoms with E-state index >= 15 is 4.79 Å². The SMILES string of the molecule is C=C1/C=C(F)\C=C/CC(=O)N(C)Cc2nn(CCNC(=O)CCCCCCCCN3CCN(C(=O)N4C(c5ccc(OC)cc5OC(C)C)=N[C@@H](c5ccc(Cl)cc5)[C@H]4c4ccc(Cl)cc4)CC3=O)c(C#N)c2-c2cnc(N)c(n2)N2CCC[C@H]12. The number of nitrogens with one attached hydrogen (secondary N) is 1. The number of hydrogen-bond donors (Lipinski definition) is 2. The molecule has 0 spiro atoms. The molecule has 2 aromatic heterocycles. The van der Waals surface area contributed by atoms with Gasteiger partial charge in [-0.1, -0.05) is 85.8 Å². The fourth-order valence-electron chi connectivity index (χ4n) is 11.3. The molecule has 4 aliphatic heterocycles. The van der Waals surface area contributed by atoms with Gasteiger partial charge in [-0.15, -0.1) is 0 Å². The van der Waals surface area contributed by atoms with Crippen LogP contribution in [0.3, 0.4) is 0 Å². The topological polar surface area (TPSA) is 221 Å². The van der Waals surface area contributed by atoms with Crippen LogP contribution >= 0.6 is 23.2 Å². The minimum atomic E-state index is -0.612. The Morgan fingerprint density at radius 2 is 1.65 bits per heavy atom. The van der Waals surface area contributed by atoms with Gasteiger partial charge < -0.3 is 40.1 Å². The summed E-state index contributed by atoms with van der Waals surface area (Å²) in [5.41, 5.74) is 10.5. The van der Waals surface area contributed by atoms with Crippen LogP contribution in [0.5, 0.6) is 11.5 Å². The third-order valence-corrected chi connectivity index (χ3v) is 16.1. The first kappa shape index (κ1) is 61.3. The monoisotopic (exact) mass is 1200 g/mol. The van der Waals surface area contributed by atoms with Crippen molar-refractivity contribution in [1.82, 2.24) is 44.7 Å². The average molecular weight is 1200 g/mol. The number of allylic oxidation sites excluding steroid dienone is 2. The Labute approximate surface area is 505 Å². The van der Waals surface area contributed by atoms with Gasteiger partial charge in [0, 0.05) is 68.7 Å². The molecule has 0 aliphatic carbocycles. The first-order valence-corrected chi connectivity index (χ1v) is 29.7. The van der Waals surface area contributed by atoms with Crippen LogP contribution in [0.2, 0.25) is 10.0 Å². The molecule has 2 saturated heterocycles. The number of rotatable bonds is 18. The Kier molecular flexibility index (Phi) is 20.2. The van der Waals surface area contributed by atoms with Gasteiger partial charge in [-0.25, -0.2) is 19.2 Å². The van der Waals surface area contributed by atoms with Gasteiger partial charge in [0.2, 0.25) is 17.7 Å². The maximum Gasteiger partial charge on any atom is 0.326 e. The summed E-state index contributed by atoms with van der Waals surface area (Å²) in [6, 6.07) is 20.7. The first-order chi connectivity index (χ1) is 41.0. The Balaban J connectivity index is 0.766. The van der Waals surface area contributed by atoms with Gasteiger partial charge >= 0.3 is 6.03 Å². The minimum Gasteiger partial charge on any atom is -0.497 e. The van der Waals surface area contributed by atoms with Crippen LogP contribution in [0.1, 0.15) is 118 Å².